The Morgan fingerprint density at radius 3 is 2.68 bits per heavy atom. The van der Waals surface area contributed by atoms with Crippen LogP contribution in [-0.2, 0) is 0 Å². The van der Waals surface area contributed by atoms with Crippen LogP contribution in [0.25, 0.3) is 0 Å². The average molecular weight is 267 g/mol. The monoisotopic (exact) mass is 267 g/mol. The van der Waals surface area contributed by atoms with Gasteiger partial charge in [-0.25, -0.2) is 9.78 Å². The van der Waals surface area contributed by atoms with E-state index in [2.05, 4.69) is 11.9 Å². The van der Waals surface area contributed by atoms with E-state index in [0.29, 0.717) is 6.54 Å². The van der Waals surface area contributed by atoms with Crippen LogP contribution >= 0.6 is 0 Å². The van der Waals surface area contributed by atoms with E-state index >= 15 is 0 Å². The molecule has 0 radical (unpaired) electrons. The zero-order valence-electron chi connectivity index (χ0n) is 11.0. The van der Waals surface area contributed by atoms with E-state index in [1.54, 1.807) is 11.9 Å². The number of hydrogen-bond acceptors (Lipinski definition) is 5. The maximum Gasteiger partial charge on any atom is 0.354 e. The minimum Gasteiger partial charge on any atom is -0.477 e. The second kappa shape index (κ2) is 6.67. The number of nitrogens with zero attached hydrogens (tertiary/aromatic N) is 3. The lowest BCUT2D eigenvalue weighted by Crippen LogP contribution is -2.22. The van der Waals surface area contributed by atoms with Crippen molar-refractivity contribution in [2.24, 2.45) is 0 Å². The molecule has 0 atom stereocenters. The molecule has 1 heterocycles. The van der Waals surface area contributed by atoms with Crippen molar-refractivity contribution in [2.45, 2.75) is 26.2 Å². The van der Waals surface area contributed by atoms with Gasteiger partial charge in [0.1, 0.15) is 0 Å². The molecule has 7 heteroatoms. The molecule has 0 saturated heterocycles. The Kier molecular flexibility index (Phi) is 5.23. The molecule has 0 aliphatic rings. The summed E-state index contributed by atoms with van der Waals surface area (Å²) in [5.74, 6) is -1.10. The topological polar surface area (TPSA) is 96.6 Å². The van der Waals surface area contributed by atoms with Crippen LogP contribution in [0.2, 0.25) is 0 Å². The molecule has 0 aliphatic carbocycles. The molecule has 104 valence electrons. The van der Waals surface area contributed by atoms with Crippen molar-refractivity contribution < 1.29 is 14.8 Å². The summed E-state index contributed by atoms with van der Waals surface area (Å²) in [4.78, 5) is 26.7. The fourth-order valence-electron chi connectivity index (χ4n) is 1.69. The average Bonchev–Trinajstić information content (AvgIpc) is 2.37. The second-order valence-electron chi connectivity index (χ2n) is 4.23. The van der Waals surface area contributed by atoms with E-state index in [1.165, 1.54) is 6.07 Å². The molecule has 19 heavy (non-hydrogen) atoms. The maximum absolute atomic E-state index is 10.9. The second-order valence-corrected chi connectivity index (χ2v) is 4.23. The third-order valence-corrected chi connectivity index (χ3v) is 2.73. The highest BCUT2D eigenvalue weighted by Crippen LogP contribution is 2.25. The summed E-state index contributed by atoms with van der Waals surface area (Å²) in [6.07, 6.45) is 2.93. The normalized spacial score (nSPS) is 10.2. The summed E-state index contributed by atoms with van der Waals surface area (Å²) in [6.45, 7) is 2.66. The number of nitro groups is 1. The molecule has 0 unspecified atom stereocenters. The number of anilines is 1. The Balaban J connectivity index is 3.02. The highest BCUT2D eigenvalue weighted by molar-refractivity contribution is 5.86. The Morgan fingerprint density at radius 2 is 2.16 bits per heavy atom. The molecule has 0 fully saturated rings. The van der Waals surface area contributed by atoms with E-state index < -0.39 is 10.9 Å². The lowest BCUT2D eigenvalue weighted by molar-refractivity contribution is -0.384. The predicted molar refractivity (Wildman–Crippen MR) is 70.6 cm³/mol. The van der Waals surface area contributed by atoms with Gasteiger partial charge in [0.25, 0.3) is 0 Å². The molecular formula is C12H17N3O4. The lowest BCUT2D eigenvalue weighted by Gasteiger charge is -2.18. The summed E-state index contributed by atoms with van der Waals surface area (Å²) in [5, 5.41) is 19.8. The largest absolute Gasteiger partial charge is 0.477 e. The first-order valence-corrected chi connectivity index (χ1v) is 6.07. The summed E-state index contributed by atoms with van der Waals surface area (Å²) in [7, 11) is 1.68. The fraction of sp³-hybridized carbons (Fsp3) is 0.500. The third-order valence-electron chi connectivity index (χ3n) is 2.73. The minimum atomic E-state index is -1.20. The Morgan fingerprint density at radius 1 is 1.47 bits per heavy atom. The molecule has 0 saturated carbocycles. The van der Waals surface area contributed by atoms with Crippen LogP contribution in [0, 0.1) is 10.1 Å². The van der Waals surface area contributed by atoms with Gasteiger partial charge in [-0.1, -0.05) is 19.8 Å². The maximum atomic E-state index is 10.9. The molecular weight excluding hydrogens is 250 g/mol. The SMILES string of the molecule is CCCCCN(C)c1nc(C(=O)O)ccc1[N+](=O)[O-]. The molecule has 0 bridgehead atoms. The van der Waals surface area contributed by atoms with Gasteiger partial charge in [-0.15, -0.1) is 0 Å². The molecule has 1 rings (SSSR count). The van der Waals surface area contributed by atoms with Gasteiger partial charge in [0, 0.05) is 19.7 Å². The number of carboxylic acid groups (broad SMARTS) is 1. The molecule has 1 aromatic rings. The number of rotatable bonds is 7. The Bertz CT molecular complexity index is 476. The van der Waals surface area contributed by atoms with E-state index in [-0.39, 0.29) is 17.2 Å². The van der Waals surface area contributed by atoms with Crippen molar-refractivity contribution in [2.75, 3.05) is 18.5 Å². The quantitative estimate of drug-likeness (QED) is 0.462. The van der Waals surface area contributed by atoms with Crippen LogP contribution in [0.15, 0.2) is 12.1 Å². The standard InChI is InChI=1S/C12H17N3O4/c1-3-4-5-8-14(2)11-10(15(18)19)7-6-9(13-11)12(16)17/h6-7H,3-5,8H2,1-2H3,(H,16,17). The van der Waals surface area contributed by atoms with Crippen LogP contribution in [0.5, 0.6) is 0 Å². The molecule has 0 aliphatic heterocycles. The van der Waals surface area contributed by atoms with Crippen LogP contribution in [-0.4, -0.2) is 34.6 Å². The van der Waals surface area contributed by atoms with Gasteiger partial charge in [0.05, 0.1) is 4.92 Å². The summed E-state index contributed by atoms with van der Waals surface area (Å²) in [5.41, 5.74) is -0.369. The van der Waals surface area contributed by atoms with Crippen LogP contribution in [0.1, 0.15) is 36.7 Å². The smallest absolute Gasteiger partial charge is 0.354 e. The molecule has 0 amide bonds. The van der Waals surface area contributed by atoms with Gasteiger partial charge in [0.15, 0.2) is 5.69 Å². The Hall–Kier alpha value is -2.18. The van der Waals surface area contributed by atoms with Gasteiger partial charge in [-0.05, 0) is 12.5 Å². The fourth-order valence-corrected chi connectivity index (χ4v) is 1.69. The molecule has 1 aromatic heterocycles. The third kappa shape index (κ3) is 3.90. The van der Waals surface area contributed by atoms with Crippen LogP contribution < -0.4 is 4.90 Å². The van der Waals surface area contributed by atoms with Crippen molar-refractivity contribution in [1.29, 1.82) is 0 Å². The molecule has 0 aromatic carbocycles. The van der Waals surface area contributed by atoms with E-state index in [9.17, 15) is 14.9 Å². The van der Waals surface area contributed by atoms with E-state index in [1.807, 2.05) is 0 Å². The number of aromatic carboxylic acids is 1. The van der Waals surface area contributed by atoms with Crippen LogP contribution in [0.4, 0.5) is 11.5 Å². The van der Waals surface area contributed by atoms with Gasteiger partial charge in [-0.3, -0.25) is 10.1 Å². The van der Waals surface area contributed by atoms with Crippen molar-refractivity contribution in [1.82, 2.24) is 4.98 Å². The number of pyridine rings is 1. The number of carboxylic acids is 1. The molecule has 7 nitrogen and oxygen atoms in total. The van der Waals surface area contributed by atoms with Gasteiger partial charge < -0.3 is 10.0 Å². The summed E-state index contributed by atoms with van der Waals surface area (Å²) >= 11 is 0. The molecule has 1 N–H and O–H groups in total. The Labute approximate surface area is 111 Å². The van der Waals surface area contributed by atoms with Crippen LogP contribution in [0.3, 0.4) is 0 Å². The first-order chi connectivity index (χ1) is 8.97. The highest BCUT2D eigenvalue weighted by Gasteiger charge is 2.21. The first kappa shape index (κ1) is 14.9. The minimum absolute atomic E-state index is 0.0982. The summed E-state index contributed by atoms with van der Waals surface area (Å²) < 4.78 is 0. The highest BCUT2D eigenvalue weighted by atomic mass is 16.6. The lowest BCUT2D eigenvalue weighted by atomic mass is 10.2. The number of carbonyl (C=O) groups is 1. The van der Waals surface area contributed by atoms with Gasteiger partial charge in [0.2, 0.25) is 5.82 Å². The number of unbranched alkanes of at least 4 members (excludes halogenated alkanes) is 2. The number of aromatic nitrogens is 1. The van der Waals surface area contributed by atoms with Gasteiger partial charge in [-0.2, -0.15) is 0 Å². The zero-order valence-corrected chi connectivity index (χ0v) is 11.0. The van der Waals surface area contributed by atoms with E-state index in [4.69, 9.17) is 5.11 Å². The van der Waals surface area contributed by atoms with Crippen molar-refractivity contribution in [3.05, 3.63) is 27.9 Å². The summed E-state index contributed by atoms with van der Waals surface area (Å²) in [6, 6.07) is 2.33. The van der Waals surface area contributed by atoms with E-state index in [0.717, 1.165) is 25.3 Å². The van der Waals surface area contributed by atoms with Crippen molar-refractivity contribution in [3.8, 4) is 0 Å². The zero-order chi connectivity index (χ0) is 14.4. The predicted octanol–water partition coefficient (Wildman–Crippen LogP) is 2.31. The van der Waals surface area contributed by atoms with Crippen molar-refractivity contribution in [3.63, 3.8) is 0 Å². The molecule has 0 spiro atoms. The van der Waals surface area contributed by atoms with Gasteiger partial charge >= 0.3 is 11.7 Å². The van der Waals surface area contributed by atoms with Crippen molar-refractivity contribution >= 4 is 17.5 Å². The number of hydrogen-bond donors (Lipinski definition) is 1. The first-order valence-electron chi connectivity index (χ1n) is 6.07.